The van der Waals surface area contributed by atoms with Crippen LogP contribution in [-0.4, -0.2) is 87.9 Å². The first-order chi connectivity index (χ1) is 10.3. The summed E-state index contributed by atoms with van der Waals surface area (Å²) in [5, 5.41) is 6.78. The summed E-state index contributed by atoms with van der Waals surface area (Å²) in [5.41, 5.74) is 0. The van der Waals surface area contributed by atoms with Gasteiger partial charge in [0.1, 0.15) is 0 Å². The Bertz CT molecular complexity index is 317. The Kier molecular flexibility index (Phi) is 7.26. The highest BCUT2D eigenvalue weighted by Gasteiger charge is 2.20. The second-order valence-electron chi connectivity index (χ2n) is 5.88. The van der Waals surface area contributed by atoms with Crippen molar-refractivity contribution in [1.29, 1.82) is 0 Å². The third-order valence-electron chi connectivity index (χ3n) is 4.30. The molecule has 2 heterocycles. The molecule has 1 atom stereocenters. The van der Waals surface area contributed by atoms with Crippen LogP contribution in [0.3, 0.4) is 0 Å². The molecule has 2 rings (SSSR count). The van der Waals surface area contributed by atoms with Crippen molar-refractivity contribution in [3.63, 3.8) is 0 Å². The third-order valence-corrected chi connectivity index (χ3v) is 4.30. The van der Waals surface area contributed by atoms with Crippen molar-refractivity contribution in [3.8, 4) is 0 Å². The summed E-state index contributed by atoms with van der Waals surface area (Å²) in [4.78, 5) is 9.59. The zero-order chi connectivity index (χ0) is 14.9. The van der Waals surface area contributed by atoms with E-state index in [9.17, 15) is 0 Å². The number of likely N-dealkylation sites (tertiary alicyclic amines) is 1. The summed E-state index contributed by atoms with van der Waals surface area (Å²) in [5.74, 6) is 0.950. The lowest BCUT2D eigenvalue weighted by molar-refractivity contribution is 0.0389. The van der Waals surface area contributed by atoms with Crippen molar-refractivity contribution in [2.45, 2.75) is 25.8 Å². The van der Waals surface area contributed by atoms with Crippen molar-refractivity contribution in [2.24, 2.45) is 4.99 Å². The van der Waals surface area contributed by atoms with Gasteiger partial charge in [0.25, 0.3) is 0 Å². The topological polar surface area (TPSA) is 52.1 Å². The van der Waals surface area contributed by atoms with E-state index < -0.39 is 0 Å². The smallest absolute Gasteiger partial charge is 0.191 e. The normalized spacial score (nSPS) is 25.2. The van der Waals surface area contributed by atoms with Gasteiger partial charge in [-0.3, -0.25) is 9.89 Å². The third kappa shape index (κ3) is 5.80. The van der Waals surface area contributed by atoms with E-state index in [1.165, 1.54) is 19.4 Å². The molecule has 2 fully saturated rings. The van der Waals surface area contributed by atoms with Crippen LogP contribution < -0.4 is 10.6 Å². The Morgan fingerprint density at radius 3 is 2.71 bits per heavy atom. The fourth-order valence-electron chi connectivity index (χ4n) is 2.91. The average Bonchev–Trinajstić information content (AvgIpc) is 2.91. The molecule has 0 aromatic rings. The molecule has 0 aromatic carbocycles. The van der Waals surface area contributed by atoms with Crippen LogP contribution >= 0.6 is 0 Å². The number of guanidine groups is 1. The highest BCUT2D eigenvalue weighted by Crippen LogP contribution is 2.14. The maximum Gasteiger partial charge on any atom is 0.191 e. The highest BCUT2D eigenvalue weighted by atomic mass is 16.5. The zero-order valence-corrected chi connectivity index (χ0v) is 13.6. The molecule has 1 unspecified atom stereocenters. The second kappa shape index (κ2) is 9.23. The molecule has 2 aliphatic heterocycles. The van der Waals surface area contributed by atoms with Crippen molar-refractivity contribution in [2.75, 3.05) is 66.1 Å². The van der Waals surface area contributed by atoms with Crippen LogP contribution in [0.1, 0.15) is 19.8 Å². The monoisotopic (exact) mass is 297 g/mol. The SMILES string of the molecule is CCNC(=NCC1CCCN1C)NCCN1CCOCC1. The fourth-order valence-corrected chi connectivity index (χ4v) is 2.91. The molecule has 0 aromatic heterocycles. The largest absolute Gasteiger partial charge is 0.379 e. The molecule has 6 heteroatoms. The Morgan fingerprint density at radius 2 is 2.05 bits per heavy atom. The molecular weight excluding hydrogens is 266 g/mol. The van der Waals surface area contributed by atoms with Crippen molar-refractivity contribution < 1.29 is 4.74 Å². The summed E-state index contributed by atoms with van der Waals surface area (Å²) in [6, 6.07) is 0.611. The molecule has 0 aliphatic carbocycles. The summed E-state index contributed by atoms with van der Waals surface area (Å²) in [6.45, 7) is 10.9. The van der Waals surface area contributed by atoms with Gasteiger partial charge in [-0.2, -0.15) is 0 Å². The molecule has 122 valence electrons. The molecular formula is C15H31N5O. The van der Waals surface area contributed by atoms with E-state index in [0.717, 1.165) is 58.4 Å². The number of hydrogen-bond acceptors (Lipinski definition) is 4. The minimum atomic E-state index is 0.611. The molecule has 0 radical (unpaired) electrons. The van der Waals surface area contributed by atoms with E-state index in [0.29, 0.717) is 6.04 Å². The van der Waals surface area contributed by atoms with Gasteiger partial charge in [-0.15, -0.1) is 0 Å². The minimum Gasteiger partial charge on any atom is -0.379 e. The number of hydrogen-bond donors (Lipinski definition) is 2. The van der Waals surface area contributed by atoms with Crippen LogP contribution in [0.4, 0.5) is 0 Å². The van der Waals surface area contributed by atoms with Crippen molar-refractivity contribution >= 4 is 5.96 Å². The van der Waals surface area contributed by atoms with Gasteiger partial charge in [0, 0.05) is 38.8 Å². The lowest BCUT2D eigenvalue weighted by Gasteiger charge is -2.26. The van der Waals surface area contributed by atoms with Crippen LogP contribution in [0.2, 0.25) is 0 Å². The Hall–Kier alpha value is -0.850. The van der Waals surface area contributed by atoms with E-state index in [1.807, 2.05) is 0 Å². The Morgan fingerprint density at radius 1 is 1.24 bits per heavy atom. The van der Waals surface area contributed by atoms with Gasteiger partial charge in [-0.05, 0) is 33.4 Å². The summed E-state index contributed by atoms with van der Waals surface area (Å²) in [6.07, 6.45) is 2.57. The van der Waals surface area contributed by atoms with Crippen LogP contribution in [0.5, 0.6) is 0 Å². The van der Waals surface area contributed by atoms with Crippen LogP contribution in [0.15, 0.2) is 4.99 Å². The first-order valence-corrected chi connectivity index (χ1v) is 8.32. The van der Waals surface area contributed by atoms with E-state index in [-0.39, 0.29) is 0 Å². The minimum absolute atomic E-state index is 0.611. The van der Waals surface area contributed by atoms with Gasteiger partial charge in [0.15, 0.2) is 5.96 Å². The fraction of sp³-hybridized carbons (Fsp3) is 0.933. The quantitative estimate of drug-likeness (QED) is 0.533. The first-order valence-electron chi connectivity index (χ1n) is 8.32. The Labute approximate surface area is 128 Å². The first kappa shape index (κ1) is 16.5. The molecule has 2 N–H and O–H groups in total. The molecule has 21 heavy (non-hydrogen) atoms. The van der Waals surface area contributed by atoms with E-state index >= 15 is 0 Å². The van der Waals surface area contributed by atoms with Gasteiger partial charge < -0.3 is 20.3 Å². The van der Waals surface area contributed by atoms with Gasteiger partial charge in [0.2, 0.25) is 0 Å². The van der Waals surface area contributed by atoms with E-state index in [2.05, 4.69) is 34.4 Å². The molecule has 0 bridgehead atoms. The number of nitrogens with one attached hydrogen (secondary N) is 2. The molecule has 6 nitrogen and oxygen atoms in total. The van der Waals surface area contributed by atoms with Crippen molar-refractivity contribution in [1.82, 2.24) is 20.4 Å². The maximum atomic E-state index is 5.37. The number of likely N-dealkylation sites (N-methyl/N-ethyl adjacent to an activating group) is 1. The van der Waals surface area contributed by atoms with Crippen LogP contribution in [0.25, 0.3) is 0 Å². The molecule has 2 saturated heterocycles. The number of aliphatic imine (C=N–C) groups is 1. The summed E-state index contributed by atoms with van der Waals surface area (Å²) in [7, 11) is 2.20. The van der Waals surface area contributed by atoms with Gasteiger partial charge >= 0.3 is 0 Å². The standard InChI is InChI=1S/C15H31N5O/c1-3-16-15(18-13-14-5-4-7-19(14)2)17-6-8-20-9-11-21-12-10-20/h14H,3-13H2,1-2H3,(H2,16,17,18). The molecule has 2 aliphatic rings. The van der Waals surface area contributed by atoms with Gasteiger partial charge in [-0.25, -0.2) is 0 Å². The lowest BCUT2D eigenvalue weighted by atomic mass is 10.2. The summed E-state index contributed by atoms with van der Waals surface area (Å²) < 4.78 is 5.37. The average molecular weight is 297 g/mol. The highest BCUT2D eigenvalue weighted by molar-refractivity contribution is 5.79. The second-order valence-corrected chi connectivity index (χ2v) is 5.88. The predicted molar refractivity (Wildman–Crippen MR) is 86.9 cm³/mol. The van der Waals surface area contributed by atoms with Crippen LogP contribution in [0, 0.1) is 0 Å². The molecule has 0 amide bonds. The lowest BCUT2D eigenvalue weighted by Crippen LogP contribution is -2.44. The number of rotatable bonds is 6. The van der Waals surface area contributed by atoms with E-state index in [4.69, 9.17) is 9.73 Å². The predicted octanol–water partition coefficient (Wildman–Crippen LogP) is -0.0321. The number of nitrogens with zero attached hydrogens (tertiary/aromatic N) is 3. The van der Waals surface area contributed by atoms with Gasteiger partial charge in [-0.1, -0.05) is 0 Å². The van der Waals surface area contributed by atoms with Crippen LogP contribution in [-0.2, 0) is 4.74 Å². The van der Waals surface area contributed by atoms with Crippen molar-refractivity contribution in [3.05, 3.63) is 0 Å². The number of ether oxygens (including phenoxy) is 1. The van der Waals surface area contributed by atoms with Gasteiger partial charge in [0.05, 0.1) is 19.8 Å². The van der Waals surface area contributed by atoms with E-state index in [1.54, 1.807) is 0 Å². The molecule has 0 saturated carbocycles. The maximum absolute atomic E-state index is 5.37. The zero-order valence-electron chi connectivity index (χ0n) is 13.6. The summed E-state index contributed by atoms with van der Waals surface area (Å²) >= 11 is 0. The molecule has 0 spiro atoms. The number of morpholine rings is 1. The Balaban J connectivity index is 1.69.